The third-order valence-corrected chi connectivity index (χ3v) is 3.57. The number of aromatic nitrogens is 2. The van der Waals surface area contributed by atoms with Crippen LogP contribution in [-0.2, 0) is 10.1 Å². The molecule has 0 aliphatic carbocycles. The lowest BCUT2D eigenvalue weighted by molar-refractivity contribution is 0.484. The molecule has 3 aromatic rings. The molecule has 18 heavy (non-hydrogen) atoms. The highest BCUT2D eigenvalue weighted by molar-refractivity contribution is 7.86. The standard InChI is InChI=1S/C12H8N2O3S/c15-18(16,17)10-7-8-3-1-5-13-11(8)9-4-2-6-14-12(9)10/h1-7H,(H,15,16,17). The summed E-state index contributed by atoms with van der Waals surface area (Å²) in [5, 5.41) is 1.24. The van der Waals surface area contributed by atoms with E-state index in [1.54, 1.807) is 30.5 Å². The van der Waals surface area contributed by atoms with Crippen LogP contribution in [0.5, 0.6) is 0 Å². The minimum atomic E-state index is -4.31. The topological polar surface area (TPSA) is 80.2 Å². The van der Waals surface area contributed by atoms with Crippen molar-refractivity contribution in [1.29, 1.82) is 0 Å². The van der Waals surface area contributed by atoms with Crippen LogP contribution in [0.25, 0.3) is 21.8 Å². The zero-order chi connectivity index (χ0) is 12.8. The van der Waals surface area contributed by atoms with Crippen molar-refractivity contribution < 1.29 is 13.0 Å². The van der Waals surface area contributed by atoms with Crippen LogP contribution in [0.4, 0.5) is 0 Å². The van der Waals surface area contributed by atoms with Gasteiger partial charge in [-0.25, -0.2) is 0 Å². The first-order chi connectivity index (χ1) is 8.57. The maximum absolute atomic E-state index is 11.4. The van der Waals surface area contributed by atoms with Crippen LogP contribution in [0.3, 0.4) is 0 Å². The van der Waals surface area contributed by atoms with Gasteiger partial charge in [0, 0.05) is 23.2 Å². The molecule has 0 bridgehead atoms. The minimum absolute atomic E-state index is 0.196. The molecule has 3 rings (SSSR count). The van der Waals surface area contributed by atoms with Crippen LogP contribution in [0.15, 0.2) is 47.6 Å². The lowest BCUT2D eigenvalue weighted by Crippen LogP contribution is -2.01. The maximum Gasteiger partial charge on any atom is 0.296 e. The van der Waals surface area contributed by atoms with Crippen LogP contribution in [-0.4, -0.2) is 22.9 Å². The number of rotatable bonds is 1. The van der Waals surface area contributed by atoms with E-state index >= 15 is 0 Å². The van der Waals surface area contributed by atoms with Gasteiger partial charge in [0.2, 0.25) is 0 Å². The molecule has 2 aromatic heterocycles. The van der Waals surface area contributed by atoms with Gasteiger partial charge in [0.25, 0.3) is 10.1 Å². The first-order valence-corrected chi connectivity index (χ1v) is 6.61. The third kappa shape index (κ3) is 1.62. The molecule has 5 nitrogen and oxygen atoms in total. The molecule has 0 aliphatic rings. The maximum atomic E-state index is 11.4. The molecular formula is C12H8N2O3S. The van der Waals surface area contributed by atoms with Crippen molar-refractivity contribution in [3.05, 3.63) is 42.7 Å². The van der Waals surface area contributed by atoms with E-state index in [1.807, 2.05) is 0 Å². The number of nitrogens with zero attached hydrogens (tertiary/aromatic N) is 2. The Kier molecular flexibility index (Phi) is 2.29. The van der Waals surface area contributed by atoms with E-state index in [2.05, 4.69) is 9.97 Å². The molecule has 0 fully saturated rings. The fourth-order valence-corrected chi connectivity index (χ4v) is 2.64. The molecule has 0 spiro atoms. The number of hydrogen-bond acceptors (Lipinski definition) is 4. The normalized spacial score (nSPS) is 12.1. The molecule has 2 heterocycles. The van der Waals surface area contributed by atoms with E-state index in [-0.39, 0.29) is 10.4 Å². The van der Waals surface area contributed by atoms with Crippen molar-refractivity contribution in [3.8, 4) is 0 Å². The van der Waals surface area contributed by atoms with E-state index in [4.69, 9.17) is 0 Å². The van der Waals surface area contributed by atoms with E-state index in [0.29, 0.717) is 16.3 Å². The van der Waals surface area contributed by atoms with Crippen molar-refractivity contribution in [1.82, 2.24) is 9.97 Å². The fourth-order valence-electron chi connectivity index (χ4n) is 1.96. The Balaban J connectivity index is 2.63. The van der Waals surface area contributed by atoms with Gasteiger partial charge in [-0.2, -0.15) is 8.42 Å². The molecule has 90 valence electrons. The summed E-state index contributed by atoms with van der Waals surface area (Å²) in [6.07, 6.45) is 3.10. The van der Waals surface area contributed by atoms with Crippen molar-refractivity contribution in [2.24, 2.45) is 0 Å². The fraction of sp³-hybridized carbons (Fsp3) is 0. The van der Waals surface area contributed by atoms with Crippen LogP contribution in [0.2, 0.25) is 0 Å². The summed E-state index contributed by atoms with van der Waals surface area (Å²) in [4.78, 5) is 8.04. The van der Waals surface area contributed by atoms with Crippen LogP contribution in [0.1, 0.15) is 0 Å². The predicted octanol–water partition coefficient (Wildman–Crippen LogP) is 2.03. The Hall–Kier alpha value is -2.05. The van der Waals surface area contributed by atoms with Gasteiger partial charge >= 0.3 is 0 Å². The summed E-state index contributed by atoms with van der Waals surface area (Å²) in [5.74, 6) is 0. The van der Waals surface area contributed by atoms with E-state index in [0.717, 1.165) is 0 Å². The smallest absolute Gasteiger partial charge is 0.282 e. The average molecular weight is 260 g/mol. The lowest BCUT2D eigenvalue weighted by Gasteiger charge is -2.06. The molecule has 0 atom stereocenters. The summed E-state index contributed by atoms with van der Waals surface area (Å²) in [6.45, 7) is 0. The Labute approximate surface area is 103 Å². The lowest BCUT2D eigenvalue weighted by atomic mass is 10.1. The number of benzene rings is 1. The van der Waals surface area contributed by atoms with E-state index in [1.165, 1.54) is 12.3 Å². The number of fused-ring (bicyclic) bond motifs is 3. The number of hydrogen-bond donors (Lipinski definition) is 1. The van der Waals surface area contributed by atoms with Crippen molar-refractivity contribution in [2.45, 2.75) is 4.90 Å². The molecule has 1 N–H and O–H groups in total. The van der Waals surface area contributed by atoms with Gasteiger partial charge < -0.3 is 0 Å². The van der Waals surface area contributed by atoms with E-state index in [9.17, 15) is 13.0 Å². The monoisotopic (exact) mass is 260 g/mol. The molecule has 0 radical (unpaired) electrons. The largest absolute Gasteiger partial charge is 0.296 e. The second-order valence-electron chi connectivity index (χ2n) is 3.82. The molecule has 0 saturated heterocycles. The zero-order valence-corrected chi connectivity index (χ0v) is 9.92. The summed E-state index contributed by atoms with van der Waals surface area (Å²) >= 11 is 0. The number of pyridine rings is 2. The predicted molar refractivity (Wildman–Crippen MR) is 66.9 cm³/mol. The summed E-state index contributed by atoms with van der Waals surface area (Å²) in [5.41, 5.74) is 0.888. The molecule has 0 unspecified atom stereocenters. The molecular weight excluding hydrogens is 252 g/mol. The van der Waals surface area contributed by atoms with Crippen LogP contribution < -0.4 is 0 Å². The van der Waals surface area contributed by atoms with Gasteiger partial charge in [-0.05, 0) is 24.3 Å². The first kappa shape index (κ1) is 11.1. The second-order valence-corrected chi connectivity index (χ2v) is 5.21. The Morgan fingerprint density at radius 3 is 2.39 bits per heavy atom. The van der Waals surface area contributed by atoms with Gasteiger partial charge in [0.15, 0.2) is 0 Å². The van der Waals surface area contributed by atoms with Gasteiger partial charge in [-0.15, -0.1) is 0 Å². The van der Waals surface area contributed by atoms with Crippen molar-refractivity contribution >= 4 is 31.9 Å². The highest BCUT2D eigenvalue weighted by atomic mass is 32.2. The highest BCUT2D eigenvalue weighted by Crippen LogP contribution is 2.28. The van der Waals surface area contributed by atoms with Crippen molar-refractivity contribution in [2.75, 3.05) is 0 Å². The molecule has 0 aliphatic heterocycles. The SMILES string of the molecule is O=S(=O)(O)c1cc2cccnc2c2cccnc12. The first-order valence-electron chi connectivity index (χ1n) is 5.17. The Bertz CT molecular complexity index is 859. The highest BCUT2D eigenvalue weighted by Gasteiger charge is 2.17. The van der Waals surface area contributed by atoms with Crippen LogP contribution in [0, 0.1) is 0 Å². The minimum Gasteiger partial charge on any atom is -0.282 e. The average Bonchev–Trinajstić information content (AvgIpc) is 2.37. The summed E-state index contributed by atoms with van der Waals surface area (Å²) < 4.78 is 32.0. The Morgan fingerprint density at radius 2 is 1.67 bits per heavy atom. The van der Waals surface area contributed by atoms with Gasteiger partial charge in [0.1, 0.15) is 4.90 Å². The van der Waals surface area contributed by atoms with E-state index < -0.39 is 10.1 Å². The van der Waals surface area contributed by atoms with Crippen LogP contribution >= 0.6 is 0 Å². The molecule has 0 amide bonds. The van der Waals surface area contributed by atoms with Gasteiger partial charge in [0.05, 0.1) is 11.0 Å². The zero-order valence-electron chi connectivity index (χ0n) is 9.11. The summed E-state index contributed by atoms with van der Waals surface area (Å²) in [6, 6.07) is 8.26. The van der Waals surface area contributed by atoms with Gasteiger partial charge in [-0.3, -0.25) is 14.5 Å². The molecule has 1 aromatic carbocycles. The summed E-state index contributed by atoms with van der Waals surface area (Å²) in [7, 11) is -4.31. The van der Waals surface area contributed by atoms with Crippen molar-refractivity contribution in [3.63, 3.8) is 0 Å². The molecule has 6 heteroatoms. The molecule has 0 saturated carbocycles. The Morgan fingerprint density at radius 1 is 1.00 bits per heavy atom. The third-order valence-electron chi connectivity index (χ3n) is 2.70. The van der Waals surface area contributed by atoms with Gasteiger partial charge in [-0.1, -0.05) is 6.07 Å². The quantitative estimate of drug-likeness (QED) is 0.535. The second kappa shape index (κ2) is 3.72.